The van der Waals surface area contributed by atoms with Crippen molar-refractivity contribution in [3.63, 3.8) is 0 Å². The number of ether oxygens (including phenoxy) is 4. The average molecular weight is 372 g/mol. The molecule has 0 saturated heterocycles. The monoisotopic (exact) mass is 372 g/mol. The lowest BCUT2D eigenvalue weighted by atomic mass is 9.89. The van der Waals surface area contributed by atoms with Gasteiger partial charge in [-0.3, -0.25) is 5.01 Å². The van der Waals surface area contributed by atoms with Crippen molar-refractivity contribution in [2.45, 2.75) is 18.9 Å². The van der Waals surface area contributed by atoms with Crippen molar-refractivity contribution in [3.05, 3.63) is 51.9 Å². The molecule has 1 unspecified atom stereocenters. The Morgan fingerprint density at radius 3 is 2.19 bits per heavy atom. The van der Waals surface area contributed by atoms with E-state index in [0.29, 0.717) is 36.0 Å². The molecule has 1 aliphatic rings. The van der Waals surface area contributed by atoms with E-state index in [4.69, 9.17) is 18.9 Å². The van der Waals surface area contributed by atoms with Crippen LogP contribution in [0.1, 0.15) is 22.7 Å². The minimum absolute atomic E-state index is 0.191. The third kappa shape index (κ3) is 3.63. The minimum atomic E-state index is -0.191. The maximum Gasteiger partial charge on any atom is 0.161 e. The summed E-state index contributed by atoms with van der Waals surface area (Å²) in [6.07, 6.45) is 1.33. The molecule has 27 heavy (non-hydrogen) atoms. The molecule has 1 aliphatic heterocycles. The van der Waals surface area contributed by atoms with E-state index in [1.165, 1.54) is 0 Å². The molecule has 0 aliphatic carbocycles. The fourth-order valence-electron chi connectivity index (χ4n) is 3.56. The summed E-state index contributed by atoms with van der Waals surface area (Å²) in [7, 11) is 6.43. The van der Waals surface area contributed by atoms with E-state index in [2.05, 4.69) is 5.29 Å². The first-order chi connectivity index (χ1) is 13.1. The summed E-state index contributed by atoms with van der Waals surface area (Å²) in [6, 6.07) is 9.50. The van der Waals surface area contributed by atoms with Crippen LogP contribution in [0, 0.1) is 4.91 Å². The van der Waals surface area contributed by atoms with E-state index in [9.17, 15) is 4.91 Å². The molecule has 144 valence electrons. The van der Waals surface area contributed by atoms with Gasteiger partial charge in [-0.15, -0.1) is 4.91 Å². The number of nitrogens with zero attached hydrogens (tertiary/aromatic N) is 2. The van der Waals surface area contributed by atoms with Gasteiger partial charge in [0.1, 0.15) is 0 Å². The topological polar surface area (TPSA) is 69.6 Å². The number of hydrogen-bond donors (Lipinski definition) is 0. The summed E-state index contributed by atoms with van der Waals surface area (Å²) < 4.78 is 21.6. The molecule has 0 bridgehead atoms. The van der Waals surface area contributed by atoms with Crippen molar-refractivity contribution >= 4 is 0 Å². The maximum atomic E-state index is 11.4. The first-order valence-corrected chi connectivity index (χ1v) is 8.70. The minimum Gasteiger partial charge on any atom is -0.493 e. The van der Waals surface area contributed by atoms with E-state index in [-0.39, 0.29) is 6.04 Å². The van der Waals surface area contributed by atoms with Crippen LogP contribution in [0.4, 0.5) is 0 Å². The van der Waals surface area contributed by atoms with Gasteiger partial charge in [-0.25, -0.2) is 0 Å². The first kappa shape index (κ1) is 18.8. The molecule has 7 nitrogen and oxygen atoms in total. The lowest BCUT2D eigenvalue weighted by molar-refractivity contribution is 0.188. The van der Waals surface area contributed by atoms with Crippen molar-refractivity contribution in [2.24, 2.45) is 5.29 Å². The predicted octanol–water partition coefficient (Wildman–Crippen LogP) is 3.54. The Morgan fingerprint density at radius 2 is 1.56 bits per heavy atom. The normalized spacial score (nSPS) is 15.7. The van der Waals surface area contributed by atoms with E-state index >= 15 is 0 Å². The van der Waals surface area contributed by atoms with Crippen LogP contribution in [0.5, 0.6) is 23.0 Å². The van der Waals surface area contributed by atoms with Crippen molar-refractivity contribution in [1.29, 1.82) is 0 Å². The number of fused-ring (bicyclic) bond motifs is 1. The summed E-state index contributed by atoms with van der Waals surface area (Å²) in [4.78, 5) is 11.4. The van der Waals surface area contributed by atoms with Crippen LogP contribution in [0.25, 0.3) is 0 Å². The molecular weight excluding hydrogens is 348 g/mol. The Kier molecular flexibility index (Phi) is 5.69. The van der Waals surface area contributed by atoms with E-state index < -0.39 is 0 Å². The van der Waals surface area contributed by atoms with Gasteiger partial charge in [-0.2, -0.15) is 0 Å². The molecule has 0 amide bonds. The number of nitroso groups, excluding NO2 is 1. The Balaban J connectivity index is 2.00. The summed E-state index contributed by atoms with van der Waals surface area (Å²) in [5.41, 5.74) is 3.18. The molecule has 0 aromatic heterocycles. The number of rotatable bonds is 7. The standard InChI is InChI=1S/C20H24N2O5/c1-24-17-6-5-13(10-18(17)25-2)9-16-15-12-20(27-4)19(26-3)11-14(15)7-8-22(16)21-23/h5-6,10-12,16H,7-9H2,1-4H3. The van der Waals surface area contributed by atoms with E-state index in [1.54, 1.807) is 33.4 Å². The van der Waals surface area contributed by atoms with Crippen LogP contribution in [-0.4, -0.2) is 40.0 Å². The van der Waals surface area contributed by atoms with Crippen LogP contribution in [0.3, 0.4) is 0 Å². The van der Waals surface area contributed by atoms with Gasteiger partial charge in [0.05, 0.1) is 39.8 Å². The van der Waals surface area contributed by atoms with Gasteiger partial charge in [-0.1, -0.05) is 6.07 Å². The zero-order chi connectivity index (χ0) is 19.4. The van der Waals surface area contributed by atoms with Gasteiger partial charge < -0.3 is 18.9 Å². The molecule has 0 radical (unpaired) electrons. The van der Waals surface area contributed by atoms with Crippen LogP contribution in [-0.2, 0) is 12.8 Å². The quantitative estimate of drug-likeness (QED) is 0.693. The SMILES string of the molecule is COc1ccc(CC2c3cc(OC)c(OC)cc3CCN2N=O)cc1OC. The highest BCUT2D eigenvalue weighted by Gasteiger charge is 2.29. The van der Waals surface area contributed by atoms with E-state index in [0.717, 1.165) is 23.1 Å². The summed E-state index contributed by atoms with van der Waals surface area (Å²) >= 11 is 0. The average Bonchev–Trinajstić information content (AvgIpc) is 2.72. The fourth-order valence-corrected chi connectivity index (χ4v) is 3.56. The Hall–Kier alpha value is -2.96. The second-order valence-electron chi connectivity index (χ2n) is 6.31. The van der Waals surface area contributed by atoms with E-state index in [1.807, 2.05) is 30.3 Å². The molecule has 0 fully saturated rings. The lowest BCUT2D eigenvalue weighted by Gasteiger charge is -2.33. The highest BCUT2D eigenvalue weighted by molar-refractivity contribution is 5.50. The molecule has 2 aromatic rings. The van der Waals surface area contributed by atoms with Gasteiger partial charge >= 0.3 is 0 Å². The molecule has 3 rings (SSSR count). The first-order valence-electron chi connectivity index (χ1n) is 8.70. The van der Waals surface area contributed by atoms with Gasteiger partial charge in [0.2, 0.25) is 0 Å². The third-order valence-corrected chi connectivity index (χ3v) is 4.96. The van der Waals surface area contributed by atoms with Gasteiger partial charge in [0.25, 0.3) is 0 Å². The molecule has 1 atom stereocenters. The number of hydrogen-bond acceptors (Lipinski definition) is 6. The van der Waals surface area contributed by atoms with Crippen LogP contribution in [0.2, 0.25) is 0 Å². The molecule has 7 heteroatoms. The maximum absolute atomic E-state index is 11.4. The lowest BCUT2D eigenvalue weighted by Crippen LogP contribution is -2.32. The van der Waals surface area contributed by atoms with Crippen LogP contribution in [0.15, 0.2) is 35.6 Å². The zero-order valence-corrected chi connectivity index (χ0v) is 16.0. The molecule has 2 aromatic carbocycles. The van der Waals surface area contributed by atoms with Crippen molar-refractivity contribution in [1.82, 2.24) is 5.01 Å². The number of methoxy groups -OCH3 is 4. The summed E-state index contributed by atoms with van der Waals surface area (Å²) in [5.74, 6) is 2.65. The number of benzene rings is 2. The van der Waals surface area contributed by atoms with Gasteiger partial charge in [0.15, 0.2) is 23.0 Å². The largest absolute Gasteiger partial charge is 0.493 e. The summed E-state index contributed by atoms with van der Waals surface area (Å²) in [6.45, 7) is 0.559. The molecule has 0 spiro atoms. The van der Waals surface area contributed by atoms with Crippen molar-refractivity contribution in [2.75, 3.05) is 35.0 Å². The Labute approximate surface area is 158 Å². The second kappa shape index (κ2) is 8.16. The predicted molar refractivity (Wildman–Crippen MR) is 102 cm³/mol. The van der Waals surface area contributed by atoms with Crippen molar-refractivity contribution in [3.8, 4) is 23.0 Å². The van der Waals surface area contributed by atoms with Crippen LogP contribution >= 0.6 is 0 Å². The highest BCUT2D eigenvalue weighted by atomic mass is 16.5. The molecular formula is C20H24N2O5. The Morgan fingerprint density at radius 1 is 0.926 bits per heavy atom. The smallest absolute Gasteiger partial charge is 0.161 e. The molecule has 1 heterocycles. The molecule has 0 N–H and O–H groups in total. The highest BCUT2D eigenvalue weighted by Crippen LogP contribution is 2.40. The zero-order valence-electron chi connectivity index (χ0n) is 16.0. The Bertz CT molecular complexity index is 824. The molecule has 0 saturated carbocycles. The van der Waals surface area contributed by atoms with Crippen molar-refractivity contribution < 1.29 is 18.9 Å². The third-order valence-electron chi connectivity index (χ3n) is 4.96. The second-order valence-corrected chi connectivity index (χ2v) is 6.31. The van der Waals surface area contributed by atoms with Gasteiger partial charge in [-0.05, 0) is 53.8 Å². The van der Waals surface area contributed by atoms with Gasteiger partial charge in [0, 0.05) is 6.54 Å². The summed E-state index contributed by atoms with van der Waals surface area (Å²) in [5, 5.41) is 4.84. The fraction of sp³-hybridized carbons (Fsp3) is 0.400. The van der Waals surface area contributed by atoms with Crippen LogP contribution < -0.4 is 18.9 Å².